The molecule has 0 heterocycles. The first-order valence-corrected chi connectivity index (χ1v) is 11.1. The summed E-state index contributed by atoms with van der Waals surface area (Å²) in [5.41, 5.74) is 4.20. The molecule has 4 nitrogen and oxygen atoms in total. The number of hydrogen-bond donors (Lipinski definition) is 1. The van der Waals surface area contributed by atoms with Gasteiger partial charge < -0.3 is 10.2 Å². The highest BCUT2D eigenvalue weighted by molar-refractivity contribution is 6.29. The van der Waals surface area contributed by atoms with Crippen LogP contribution in [0, 0.1) is 0 Å². The number of nitrogens with zero attached hydrogens (tertiary/aromatic N) is 1. The predicted molar refractivity (Wildman–Crippen MR) is 138 cm³/mol. The third-order valence-electron chi connectivity index (χ3n) is 5.45. The van der Waals surface area contributed by atoms with Crippen LogP contribution in [0.4, 0.5) is 5.69 Å². The number of hydrogen-bond acceptors (Lipinski definition) is 2. The van der Waals surface area contributed by atoms with E-state index in [0.717, 1.165) is 16.7 Å². The van der Waals surface area contributed by atoms with Gasteiger partial charge in [0, 0.05) is 19.2 Å². The largest absolute Gasteiger partial charge is 0.337 e. The molecular formula is C30H26N2O2. The van der Waals surface area contributed by atoms with Gasteiger partial charge in [-0.1, -0.05) is 103 Å². The van der Waals surface area contributed by atoms with Gasteiger partial charge in [-0.25, -0.2) is 0 Å². The Hall–Kier alpha value is -4.44. The van der Waals surface area contributed by atoms with Crippen molar-refractivity contribution >= 4 is 29.2 Å². The third kappa shape index (κ3) is 5.67. The summed E-state index contributed by atoms with van der Waals surface area (Å²) in [6, 6.07) is 36.2. The van der Waals surface area contributed by atoms with E-state index in [1.165, 1.54) is 0 Å². The average Bonchev–Trinajstić information content (AvgIpc) is 2.89. The van der Waals surface area contributed by atoms with E-state index in [2.05, 4.69) is 5.32 Å². The predicted octanol–water partition coefficient (Wildman–Crippen LogP) is 6.14. The first-order chi connectivity index (χ1) is 16.6. The van der Waals surface area contributed by atoms with Gasteiger partial charge in [0.05, 0.1) is 11.3 Å². The molecule has 0 fully saturated rings. The number of anilines is 1. The minimum absolute atomic E-state index is 0.159. The van der Waals surface area contributed by atoms with Crippen LogP contribution in [0.3, 0.4) is 0 Å². The summed E-state index contributed by atoms with van der Waals surface area (Å²) in [5.74, 6) is -0.436. The standard InChI is InChI=1S/C30H26N2O2/c1-32(22-24-15-7-3-8-16-24)30(34)26-19-11-12-20-28(26)31-29(33)27(25-17-9-4-10-18-25)21-23-13-5-2-6-14-23/h2-21H,22H2,1H3,(H,31,33)/b27-21+. The lowest BCUT2D eigenvalue weighted by Gasteiger charge is -2.20. The molecule has 0 saturated heterocycles. The van der Waals surface area contributed by atoms with E-state index in [4.69, 9.17) is 0 Å². The van der Waals surface area contributed by atoms with Crippen molar-refractivity contribution in [3.8, 4) is 0 Å². The summed E-state index contributed by atoms with van der Waals surface area (Å²) in [6.07, 6.45) is 1.86. The van der Waals surface area contributed by atoms with Crippen LogP contribution < -0.4 is 5.32 Å². The second-order valence-electron chi connectivity index (χ2n) is 7.98. The van der Waals surface area contributed by atoms with E-state index in [-0.39, 0.29) is 11.8 Å². The monoisotopic (exact) mass is 446 g/mol. The van der Waals surface area contributed by atoms with E-state index in [0.29, 0.717) is 23.4 Å². The lowest BCUT2D eigenvalue weighted by molar-refractivity contribution is -0.111. The second-order valence-corrected chi connectivity index (χ2v) is 7.98. The quantitative estimate of drug-likeness (QED) is 0.274. The maximum Gasteiger partial charge on any atom is 0.256 e. The molecule has 4 rings (SSSR count). The molecule has 4 aromatic rings. The molecule has 168 valence electrons. The van der Waals surface area contributed by atoms with Crippen molar-refractivity contribution in [3.05, 3.63) is 138 Å². The zero-order valence-corrected chi connectivity index (χ0v) is 19.0. The molecule has 4 heteroatoms. The van der Waals surface area contributed by atoms with Crippen molar-refractivity contribution in [1.82, 2.24) is 4.90 Å². The Morgan fingerprint density at radius 3 is 1.97 bits per heavy atom. The Labute approximate surface area is 200 Å². The van der Waals surface area contributed by atoms with Crippen LogP contribution in [0.25, 0.3) is 11.6 Å². The normalized spacial score (nSPS) is 11.0. The SMILES string of the molecule is CN(Cc1ccccc1)C(=O)c1ccccc1NC(=O)/C(=C/c1ccccc1)c1ccccc1. The molecule has 0 spiro atoms. The Morgan fingerprint density at radius 1 is 0.735 bits per heavy atom. The van der Waals surface area contributed by atoms with Crippen molar-refractivity contribution in [3.63, 3.8) is 0 Å². The molecule has 0 saturated carbocycles. The van der Waals surface area contributed by atoms with Gasteiger partial charge in [0.25, 0.3) is 11.8 Å². The van der Waals surface area contributed by atoms with Crippen LogP contribution in [-0.4, -0.2) is 23.8 Å². The fourth-order valence-corrected chi connectivity index (χ4v) is 3.72. The lowest BCUT2D eigenvalue weighted by atomic mass is 10.0. The van der Waals surface area contributed by atoms with Gasteiger partial charge in [-0.15, -0.1) is 0 Å². The highest BCUT2D eigenvalue weighted by atomic mass is 16.2. The summed E-state index contributed by atoms with van der Waals surface area (Å²) in [7, 11) is 1.76. The number of carbonyl (C=O) groups is 2. The van der Waals surface area contributed by atoms with Gasteiger partial charge in [-0.2, -0.15) is 0 Å². The third-order valence-corrected chi connectivity index (χ3v) is 5.45. The van der Waals surface area contributed by atoms with Crippen LogP contribution >= 0.6 is 0 Å². The van der Waals surface area contributed by atoms with Gasteiger partial charge in [-0.05, 0) is 34.9 Å². The number of nitrogens with one attached hydrogen (secondary N) is 1. The number of para-hydroxylation sites is 1. The lowest BCUT2D eigenvalue weighted by Crippen LogP contribution is -2.27. The molecule has 0 atom stereocenters. The van der Waals surface area contributed by atoms with Crippen molar-refractivity contribution in [1.29, 1.82) is 0 Å². The summed E-state index contributed by atoms with van der Waals surface area (Å²) in [5, 5.41) is 2.97. The van der Waals surface area contributed by atoms with E-state index in [9.17, 15) is 9.59 Å². The molecule has 1 N–H and O–H groups in total. The van der Waals surface area contributed by atoms with Gasteiger partial charge in [0.2, 0.25) is 0 Å². The van der Waals surface area contributed by atoms with Crippen LogP contribution in [0.15, 0.2) is 115 Å². The molecule has 0 aromatic heterocycles. The van der Waals surface area contributed by atoms with Crippen molar-refractivity contribution in [2.24, 2.45) is 0 Å². The number of carbonyl (C=O) groups excluding carboxylic acids is 2. The molecule has 4 aromatic carbocycles. The zero-order chi connectivity index (χ0) is 23.8. The minimum atomic E-state index is -0.277. The minimum Gasteiger partial charge on any atom is -0.337 e. The van der Waals surface area contributed by atoms with E-state index in [1.54, 1.807) is 30.1 Å². The van der Waals surface area contributed by atoms with Gasteiger partial charge >= 0.3 is 0 Å². The summed E-state index contributed by atoms with van der Waals surface area (Å²) < 4.78 is 0. The molecular weight excluding hydrogens is 420 g/mol. The molecule has 0 bridgehead atoms. The topological polar surface area (TPSA) is 49.4 Å². The van der Waals surface area contributed by atoms with Crippen molar-refractivity contribution in [2.75, 3.05) is 12.4 Å². The van der Waals surface area contributed by atoms with Crippen molar-refractivity contribution < 1.29 is 9.59 Å². The summed E-state index contributed by atoms with van der Waals surface area (Å²) in [6.45, 7) is 0.477. The van der Waals surface area contributed by atoms with Crippen molar-refractivity contribution in [2.45, 2.75) is 6.54 Å². The van der Waals surface area contributed by atoms with Crippen LogP contribution in [-0.2, 0) is 11.3 Å². The average molecular weight is 447 g/mol. The molecule has 2 amide bonds. The molecule has 0 unspecified atom stereocenters. The molecule has 0 aliphatic carbocycles. The summed E-state index contributed by atoms with van der Waals surface area (Å²) in [4.78, 5) is 28.3. The first-order valence-electron chi connectivity index (χ1n) is 11.1. The second kappa shape index (κ2) is 10.9. The fraction of sp³-hybridized carbons (Fsp3) is 0.0667. The molecule has 0 radical (unpaired) electrons. The number of amides is 2. The summed E-state index contributed by atoms with van der Waals surface area (Å²) >= 11 is 0. The van der Waals surface area contributed by atoms with E-state index < -0.39 is 0 Å². The first kappa shape index (κ1) is 22.7. The van der Waals surface area contributed by atoms with Gasteiger partial charge in [0.15, 0.2) is 0 Å². The Morgan fingerprint density at radius 2 is 1.29 bits per heavy atom. The maximum atomic E-state index is 13.4. The van der Waals surface area contributed by atoms with E-state index >= 15 is 0 Å². The maximum absolute atomic E-state index is 13.4. The highest BCUT2D eigenvalue weighted by Crippen LogP contribution is 2.23. The smallest absolute Gasteiger partial charge is 0.256 e. The van der Waals surface area contributed by atoms with Crippen LogP contribution in [0.2, 0.25) is 0 Å². The Balaban J connectivity index is 1.61. The fourth-order valence-electron chi connectivity index (χ4n) is 3.72. The zero-order valence-electron chi connectivity index (χ0n) is 19.0. The van der Waals surface area contributed by atoms with Gasteiger partial charge in [0.1, 0.15) is 0 Å². The number of rotatable bonds is 7. The molecule has 0 aliphatic heterocycles. The Kier molecular flexibility index (Phi) is 7.31. The Bertz CT molecular complexity index is 1280. The number of benzene rings is 4. The van der Waals surface area contributed by atoms with Crippen LogP contribution in [0.5, 0.6) is 0 Å². The van der Waals surface area contributed by atoms with Crippen LogP contribution in [0.1, 0.15) is 27.0 Å². The molecule has 34 heavy (non-hydrogen) atoms. The van der Waals surface area contributed by atoms with E-state index in [1.807, 2.05) is 103 Å². The molecule has 0 aliphatic rings. The van der Waals surface area contributed by atoms with Gasteiger partial charge in [-0.3, -0.25) is 9.59 Å². The highest BCUT2D eigenvalue weighted by Gasteiger charge is 2.19.